The Bertz CT molecular complexity index is 1280. The molecule has 0 bridgehead atoms. The van der Waals surface area contributed by atoms with Gasteiger partial charge < -0.3 is 19.6 Å². The first kappa shape index (κ1) is 21.0. The molecule has 0 fully saturated rings. The van der Waals surface area contributed by atoms with E-state index in [0.717, 1.165) is 5.56 Å². The Kier molecular flexibility index (Phi) is 6.12. The fourth-order valence-corrected chi connectivity index (χ4v) is 3.47. The van der Waals surface area contributed by atoms with Crippen molar-refractivity contribution in [3.05, 3.63) is 100 Å². The van der Waals surface area contributed by atoms with Gasteiger partial charge in [-0.2, -0.15) is 0 Å². The normalized spacial score (nSPS) is 11.8. The fourth-order valence-electron chi connectivity index (χ4n) is 3.47. The molecule has 2 heterocycles. The Morgan fingerprint density at radius 1 is 1.06 bits per heavy atom. The minimum Gasteiger partial charge on any atom is -0.459 e. The lowest BCUT2D eigenvalue weighted by atomic mass is 10.0. The van der Waals surface area contributed by atoms with Crippen LogP contribution in [0.3, 0.4) is 0 Å². The highest BCUT2D eigenvalue weighted by atomic mass is 16.3. The lowest BCUT2D eigenvalue weighted by molar-refractivity contribution is -0.132. The van der Waals surface area contributed by atoms with Gasteiger partial charge >= 0.3 is 0 Å². The number of furan rings is 1. The summed E-state index contributed by atoms with van der Waals surface area (Å²) in [6.07, 6.45) is 1.70. The number of carbonyl (C=O) groups is 2. The molecule has 32 heavy (non-hydrogen) atoms. The molecule has 1 atom stereocenters. The molecule has 2 aromatic heterocycles. The van der Waals surface area contributed by atoms with Crippen molar-refractivity contribution in [1.82, 2.24) is 20.2 Å². The highest BCUT2D eigenvalue weighted by Gasteiger charge is 2.26. The predicted molar refractivity (Wildman–Crippen MR) is 119 cm³/mol. The van der Waals surface area contributed by atoms with Crippen LogP contribution in [0.25, 0.3) is 10.9 Å². The van der Waals surface area contributed by atoms with Crippen LogP contribution >= 0.6 is 0 Å². The maximum atomic E-state index is 13.3. The molecule has 0 aliphatic rings. The molecule has 8 nitrogen and oxygen atoms in total. The van der Waals surface area contributed by atoms with Crippen LogP contribution in [0.15, 0.2) is 82.2 Å². The van der Waals surface area contributed by atoms with Gasteiger partial charge in [-0.1, -0.05) is 42.5 Å². The SMILES string of the molecule is CN(Cc1nc2ccccc2c(=O)[nH]1)C(=O)[C@@H](Cc1ccccc1)NC(=O)c1ccco1. The average molecular weight is 430 g/mol. The zero-order chi connectivity index (χ0) is 22.5. The Morgan fingerprint density at radius 3 is 2.56 bits per heavy atom. The highest BCUT2D eigenvalue weighted by molar-refractivity contribution is 5.95. The topological polar surface area (TPSA) is 108 Å². The van der Waals surface area contributed by atoms with Crippen LogP contribution in [0.2, 0.25) is 0 Å². The number of aromatic amines is 1. The van der Waals surface area contributed by atoms with Gasteiger partial charge in [0.05, 0.1) is 23.7 Å². The molecule has 4 aromatic rings. The van der Waals surface area contributed by atoms with Gasteiger partial charge in [-0.05, 0) is 29.8 Å². The second-order valence-corrected chi connectivity index (χ2v) is 7.42. The molecule has 162 valence electrons. The van der Waals surface area contributed by atoms with Crippen molar-refractivity contribution >= 4 is 22.7 Å². The number of fused-ring (bicyclic) bond motifs is 1. The van der Waals surface area contributed by atoms with Crippen molar-refractivity contribution in [3.8, 4) is 0 Å². The number of para-hydroxylation sites is 1. The second-order valence-electron chi connectivity index (χ2n) is 7.42. The van der Waals surface area contributed by atoms with Gasteiger partial charge in [0.15, 0.2) is 5.76 Å². The lowest BCUT2D eigenvalue weighted by Gasteiger charge is -2.24. The number of amides is 2. The number of likely N-dealkylation sites (N-methyl/N-ethyl adjacent to an activating group) is 1. The summed E-state index contributed by atoms with van der Waals surface area (Å²) in [5.74, 6) is -0.307. The minimum atomic E-state index is -0.827. The summed E-state index contributed by atoms with van der Waals surface area (Å²) in [5, 5.41) is 3.24. The van der Waals surface area contributed by atoms with E-state index < -0.39 is 11.9 Å². The van der Waals surface area contributed by atoms with Crippen molar-refractivity contribution in [2.75, 3.05) is 7.05 Å². The first-order valence-corrected chi connectivity index (χ1v) is 10.1. The Hall–Kier alpha value is -4.20. The van der Waals surface area contributed by atoms with Crippen LogP contribution in [0.5, 0.6) is 0 Å². The molecule has 4 rings (SSSR count). The van der Waals surface area contributed by atoms with Crippen LogP contribution in [-0.4, -0.2) is 39.8 Å². The first-order chi connectivity index (χ1) is 15.5. The fraction of sp³-hybridized carbons (Fsp3) is 0.167. The van der Waals surface area contributed by atoms with Crippen molar-refractivity contribution in [2.45, 2.75) is 19.0 Å². The monoisotopic (exact) mass is 430 g/mol. The van der Waals surface area contributed by atoms with Gasteiger partial charge in [-0.3, -0.25) is 14.4 Å². The van der Waals surface area contributed by atoms with E-state index in [9.17, 15) is 14.4 Å². The molecule has 0 saturated carbocycles. The van der Waals surface area contributed by atoms with E-state index in [4.69, 9.17) is 4.42 Å². The second kappa shape index (κ2) is 9.30. The van der Waals surface area contributed by atoms with Crippen LogP contribution in [0.4, 0.5) is 0 Å². The standard InChI is InChI=1S/C24H22N4O4/c1-28(15-21-25-18-11-6-5-10-17(18)22(29)27-21)24(31)19(14-16-8-3-2-4-9-16)26-23(30)20-12-7-13-32-20/h2-13,19H,14-15H2,1H3,(H,26,30)(H,25,27,29)/t19-/m1/s1. The third kappa shape index (κ3) is 4.75. The van der Waals surface area contributed by atoms with Gasteiger partial charge in [0.25, 0.3) is 11.5 Å². The maximum absolute atomic E-state index is 13.3. The third-order valence-electron chi connectivity index (χ3n) is 5.06. The van der Waals surface area contributed by atoms with Crippen molar-refractivity contribution in [3.63, 3.8) is 0 Å². The number of benzene rings is 2. The quantitative estimate of drug-likeness (QED) is 0.468. The summed E-state index contributed by atoms with van der Waals surface area (Å²) in [7, 11) is 1.61. The van der Waals surface area contributed by atoms with E-state index in [1.54, 1.807) is 37.4 Å². The van der Waals surface area contributed by atoms with Crippen LogP contribution in [0.1, 0.15) is 21.9 Å². The summed E-state index contributed by atoms with van der Waals surface area (Å²) in [4.78, 5) is 46.8. The Labute approximate surface area is 183 Å². The number of nitrogens with zero attached hydrogens (tertiary/aromatic N) is 2. The van der Waals surface area contributed by atoms with Crippen molar-refractivity contribution in [2.24, 2.45) is 0 Å². The van der Waals surface area contributed by atoms with E-state index in [-0.39, 0.29) is 23.8 Å². The largest absolute Gasteiger partial charge is 0.459 e. The average Bonchev–Trinajstić information content (AvgIpc) is 3.34. The van der Waals surface area contributed by atoms with Crippen LogP contribution in [-0.2, 0) is 17.8 Å². The van der Waals surface area contributed by atoms with Crippen LogP contribution in [0, 0.1) is 0 Å². The molecule has 0 radical (unpaired) electrons. The van der Waals surface area contributed by atoms with Crippen molar-refractivity contribution < 1.29 is 14.0 Å². The zero-order valence-corrected chi connectivity index (χ0v) is 17.4. The summed E-state index contributed by atoms with van der Waals surface area (Å²) < 4.78 is 5.15. The van der Waals surface area contributed by atoms with Crippen LogP contribution < -0.4 is 10.9 Å². The molecule has 0 saturated heterocycles. The summed E-state index contributed by atoms with van der Waals surface area (Å²) in [5.41, 5.74) is 1.19. The molecule has 0 spiro atoms. The highest BCUT2D eigenvalue weighted by Crippen LogP contribution is 2.10. The molecule has 8 heteroatoms. The van der Waals surface area contributed by atoms with Gasteiger partial charge in [0.2, 0.25) is 5.91 Å². The van der Waals surface area contributed by atoms with Gasteiger partial charge in [0, 0.05) is 13.5 Å². The third-order valence-corrected chi connectivity index (χ3v) is 5.06. The van der Waals surface area contributed by atoms with E-state index >= 15 is 0 Å². The first-order valence-electron chi connectivity index (χ1n) is 10.1. The van der Waals surface area contributed by atoms with Crippen molar-refractivity contribution in [1.29, 1.82) is 0 Å². The van der Waals surface area contributed by atoms with E-state index in [1.807, 2.05) is 30.3 Å². The Balaban J connectivity index is 1.55. The van der Waals surface area contributed by atoms with E-state index in [2.05, 4.69) is 15.3 Å². The molecule has 0 aliphatic heterocycles. The summed E-state index contributed by atoms with van der Waals surface area (Å²) in [6, 6.07) is 18.7. The molecule has 2 N–H and O–H groups in total. The molecule has 0 unspecified atom stereocenters. The number of carbonyl (C=O) groups excluding carboxylic acids is 2. The number of H-pyrrole nitrogens is 1. The zero-order valence-electron chi connectivity index (χ0n) is 17.4. The minimum absolute atomic E-state index is 0.0841. The number of hydrogen-bond acceptors (Lipinski definition) is 5. The van der Waals surface area contributed by atoms with Gasteiger partial charge in [-0.15, -0.1) is 0 Å². The number of aromatic nitrogens is 2. The summed E-state index contributed by atoms with van der Waals surface area (Å²) >= 11 is 0. The Morgan fingerprint density at radius 2 is 1.81 bits per heavy atom. The molecule has 2 aromatic carbocycles. The lowest BCUT2D eigenvalue weighted by Crippen LogP contribution is -2.48. The molecular formula is C24H22N4O4. The number of hydrogen-bond donors (Lipinski definition) is 2. The van der Waals surface area contributed by atoms with Gasteiger partial charge in [0.1, 0.15) is 11.9 Å². The van der Waals surface area contributed by atoms with Gasteiger partial charge in [-0.25, -0.2) is 4.98 Å². The van der Waals surface area contributed by atoms with E-state index in [1.165, 1.54) is 17.2 Å². The maximum Gasteiger partial charge on any atom is 0.287 e. The predicted octanol–water partition coefficient (Wildman–Crippen LogP) is 2.52. The molecular weight excluding hydrogens is 408 g/mol. The number of rotatable bonds is 7. The molecule has 2 amide bonds. The number of nitrogens with one attached hydrogen (secondary N) is 2. The smallest absolute Gasteiger partial charge is 0.287 e. The molecule has 0 aliphatic carbocycles. The van der Waals surface area contributed by atoms with E-state index in [0.29, 0.717) is 23.1 Å². The summed E-state index contributed by atoms with van der Waals surface area (Å²) in [6.45, 7) is 0.0841.